The Balaban J connectivity index is 1.80. The minimum Gasteiger partial charge on any atom is -0.497 e. The minimum absolute atomic E-state index is 0.0281. The van der Waals surface area contributed by atoms with Gasteiger partial charge >= 0.3 is 0 Å². The van der Waals surface area contributed by atoms with Gasteiger partial charge in [0, 0.05) is 30.6 Å². The van der Waals surface area contributed by atoms with E-state index < -0.39 is 28.5 Å². The van der Waals surface area contributed by atoms with Crippen LogP contribution in [0, 0.1) is 5.92 Å². The lowest BCUT2D eigenvalue weighted by Gasteiger charge is -2.34. The van der Waals surface area contributed by atoms with Gasteiger partial charge in [0.2, 0.25) is 11.8 Å². The fourth-order valence-corrected chi connectivity index (χ4v) is 6.33. The van der Waals surface area contributed by atoms with E-state index in [-0.39, 0.29) is 35.4 Å². The van der Waals surface area contributed by atoms with Crippen LogP contribution in [0.4, 0.5) is 5.69 Å². The molecular formula is C35H38ClN3O5S. The van der Waals surface area contributed by atoms with E-state index in [4.69, 9.17) is 16.3 Å². The largest absolute Gasteiger partial charge is 0.497 e. The fourth-order valence-electron chi connectivity index (χ4n) is 4.78. The summed E-state index contributed by atoms with van der Waals surface area (Å²) in [5.74, 6) is -0.255. The zero-order chi connectivity index (χ0) is 32.4. The zero-order valence-electron chi connectivity index (χ0n) is 25.6. The van der Waals surface area contributed by atoms with Crippen LogP contribution in [0.5, 0.6) is 5.75 Å². The molecule has 1 N–H and O–H groups in total. The topological polar surface area (TPSA) is 96.0 Å². The van der Waals surface area contributed by atoms with Crippen molar-refractivity contribution in [3.05, 3.63) is 125 Å². The summed E-state index contributed by atoms with van der Waals surface area (Å²) in [4.78, 5) is 29.8. The molecule has 0 aromatic heterocycles. The first kappa shape index (κ1) is 33.6. The lowest BCUT2D eigenvalue weighted by Crippen LogP contribution is -2.53. The summed E-state index contributed by atoms with van der Waals surface area (Å²) in [7, 11) is -2.72. The number of hydrogen-bond acceptors (Lipinski definition) is 5. The standard InChI is InChI=1S/C35H38ClN3O5S/c1-26(2)23-37-35(41)33(21-27-11-6-4-7-12-27)38(24-28-17-19-29(36)20-18-28)34(40)25-39(30-13-10-14-31(22-30)44-3)45(42,43)32-15-8-5-9-16-32/h4-20,22,26,33H,21,23-25H2,1-3H3,(H,37,41)/t33-/m0/s1. The third-order valence-electron chi connectivity index (χ3n) is 7.17. The average Bonchev–Trinajstić information content (AvgIpc) is 3.05. The Kier molecular flexibility index (Phi) is 11.6. The highest BCUT2D eigenvalue weighted by Gasteiger charge is 2.34. The Hall–Kier alpha value is -4.34. The van der Waals surface area contributed by atoms with Crippen LogP contribution in [0.3, 0.4) is 0 Å². The highest BCUT2D eigenvalue weighted by Crippen LogP contribution is 2.28. The lowest BCUT2D eigenvalue weighted by molar-refractivity contribution is -0.140. The Labute approximate surface area is 270 Å². The third kappa shape index (κ3) is 9.09. The third-order valence-corrected chi connectivity index (χ3v) is 9.21. The molecule has 0 saturated heterocycles. The maximum Gasteiger partial charge on any atom is 0.264 e. The van der Waals surface area contributed by atoms with Crippen LogP contribution in [0.15, 0.2) is 114 Å². The summed E-state index contributed by atoms with van der Waals surface area (Å²) < 4.78 is 34.6. The molecule has 0 spiro atoms. The number of ether oxygens (including phenoxy) is 1. The number of rotatable bonds is 14. The molecule has 0 aliphatic rings. The van der Waals surface area contributed by atoms with Crippen molar-refractivity contribution in [1.82, 2.24) is 10.2 Å². The minimum atomic E-state index is -4.20. The van der Waals surface area contributed by atoms with Gasteiger partial charge in [0.1, 0.15) is 18.3 Å². The number of carbonyl (C=O) groups is 2. The van der Waals surface area contributed by atoms with Crippen LogP contribution in [0.1, 0.15) is 25.0 Å². The van der Waals surface area contributed by atoms with Crippen LogP contribution in [0.25, 0.3) is 0 Å². The fraction of sp³-hybridized carbons (Fsp3) is 0.257. The normalized spacial score (nSPS) is 11.9. The summed E-state index contributed by atoms with van der Waals surface area (Å²) >= 11 is 6.14. The van der Waals surface area contributed by atoms with Crippen LogP contribution in [-0.4, -0.2) is 51.4 Å². The Morgan fingerprint density at radius 3 is 2.11 bits per heavy atom. The van der Waals surface area contributed by atoms with Gasteiger partial charge in [-0.1, -0.05) is 92.2 Å². The van der Waals surface area contributed by atoms with Gasteiger partial charge in [0.25, 0.3) is 10.0 Å². The molecule has 1 atom stereocenters. The van der Waals surface area contributed by atoms with Crippen molar-refractivity contribution in [1.29, 1.82) is 0 Å². The number of nitrogens with zero attached hydrogens (tertiary/aromatic N) is 2. The molecular weight excluding hydrogens is 610 g/mol. The number of anilines is 1. The molecule has 8 nitrogen and oxygen atoms in total. The predicted molar refractivity (Wildman–Crippen MR) is 178 cm³/mol. The molecule has 0 saturated carbocycles. The molecule has 0 aliphatic carbocycles. The second-order valence-corrected chi connectivity index (χ2v) is 13.3. The molecule has 0 aliphatic heterocycles. The number of nitrogens with one attached hydrogen (secondary N) is 1. The van der Waals surface area contributed by atoms with Crippen LogP contribution in [0.2, 0.25) is 5.02 Å². The van der Waals surface area contributed by atoms with Gasteiger partial charge in [-0.2, -0.15) is 0 Å². The highest BCUT2D eigenvalue weighted by atomic mass is 35.5. The molecule has 0 bridgehead atoms. The van der Waals surface area contributed by atoms with Crippen molar-refractivity contribution >= 4 is 39.1 Å². The Morgan fingerprint density at radius 2 is 1.49 bits per heavy atom. The first-order valence-corrected chi connectivity index (χ1v) is 16.5. The SMILES string of the molecule is COc1cccc(N(CC(=O)N(Cc2ccc(Cl)cc2)[C@@H](Cc2ccccc2)C(=O)NCC(C)C)S(=O)(=O)c2ccccc2)c1. The predicted octanol–water partition coefficient (Wildman–Crippen LogP) is 5.96. The molecule has 10 heteroatoms. The summed E-state index contributed by atoms with van der Waals surface area (Å²) in [6.45, 7) is 3.90. The highest BCUT2D eigenvalue weighted by molar-refractivity contribution is 7.92. The molecule has 45 heavy (non-hydrogen) atoms. The van der Waals surface area contributed by atoms with Crippen LogP contribution >= 0.6 is 11.6 Å². The van der Waals surface area contributed by atoms with Crippen molar-refractivity contribution in [3.63, 3.8) is 0 Å². The molecule has 4 aromatic carbocycles. The van der Waals surface area contributed by atoms with E-state index in [1.807, 2.05) is 44.2 Å². The lowest BCUT2D eigenvalue weighted by atomic mass is 10.0. The number of benzene rings is 4. The number of sulfonamides is 1. The smallest absolute Gasteiger partial charge is 0.264 e. The van der Waals surface area contributed by atoms with Crippen molar-refractivity contribution in [3.8, 4) is 5.75 Å². The number of halogens is 1. The van der Waals surface area contributed by atoms with Gasteiger partial charge in [0.05, 0.1) is 17.7 Å². The van der Waals surface area contributed by atoms with Gasteiger partial charge in [-0.05, 0) is 53.4 Å². The van der Waals surface area contributed by atoms with E-state index in [1.54, 1.807) is 66.7 Å². The van der Waals surface area contributed by atoms with Crippen molar-refractivity contribution < 1.29 is 22.7 Å². The van der Waals surface area contributed by atoms with E-state index >= 15 is 0 Å². The first-order chi connectivity index (χ1) is 21.6. The van der Waals surface area contributed by atoms with E-state index in [0.717, 1.165) is 15.4 Å². The van der Waals surface area contributed by atoms with E-state index in [0.29, 0.717) is 17.3 Å². The second kappa shape index (κ2) is 15.6. The van der Waals surface area contributed by atoms with E-state index in [2.05, 4.69) is 5.32 Å². The average molecular weight is 648 g/mol. The number of methoxy groups -OCH3 is 1. The molecule has 0 radical (unpaired) electrons. The van der Waals surface area contributed by atoms with Gasteiger partial charge in [0.15, 0.2) is 0 Å². The van der Waals surface area contributed by atoms with Crippen LogP contribution in [-0.2, 0) is 32.6 Å². The molecule has 4 rings (SSSR count). The Bertz CT molecular complexity index is 1670. The monoisotopic (exact) mass is 647 g/mol. The van der Waals surface area contributed by atoms with Gasteiger partial charge in [-0.25, -0.2) is 8.42 Å². The number of carbonyl (C=O) groups excluding carboxylic acids is 2. The van der Waals surface area contributed by atoms with Gasteiger partial charge in [-0.3, -0.25) is 13.9 Å². The molecule has 236 valence electrons. The quantitative estimate of drug-likeness (QED) is 0.182. The van der Waals surface area contributed by atoms with Gasteiger partial charge < -0.3 is 15.0 Å². The first-order valence-electron chi connectivity index (χ1n) is 14.7. The summed E-state index contributed by atoms with van der Waals surface area (Å²) in [5.41, 5.74) is 1.85. The molecule has 2 amide bonds. The van der Waals surface area contributed by atoms with Crippen molar-refractivity contribution in [2.24, 2.45) is 5.92 Å². The second-order valence-electron chi connectivity index (χ2n) is 11.0. The summed E-state index contributed by atoms with van der Waals surface area (Å²) in [6, 6.07) is 30.0. The van der Waals surface area contributed by atoms with E-state index in [1.165, 1.54) is 24.1 Å². The maximum atomic E-state index is 14.5. The van der Waals surface area contributed by atoms with Crippen LogP contribution < -0.4 is 14.4 Å². The summed E-state index contributed by atoms with van der Waals surface area (Å²) in [6.07, 6.45) is 0.231. The van der Waals surface area contributed by atoms with Crippen molar-refractivity contribution in [2.45, 2.75) is 37.8 Å². The maximum absolute atomic E-state index is 14.5. The number of amides is 2. The molecule has 4 aromatic rings. The molecule has 0 heterocycles. The molecule has 0 fully saturated rings. The summed E-state index contributed by atoms with van der Waals surface area (Å²) in [5, 5.41) is 3.52. The van der Waals surface area contributed by atoms with E-state index in [9.17, 15) is 18.0 Å². The van der Waals surface area contributed by atoms with Gasteiger partial charge in [-0.15, -0.1) is 0 Å². The molecule has 0 unspecified atom stereocenters. The zero-order valence-corrected chi connectivity index (χ0v) is 27.2. The Morgan fingerprint density at radius 1 is 0.844 bits per heavy atom. The van der Waals surface area contributed by atoms with Crippen molar-refractivity contribution in [2.75, 3.05) is 24.5 Å². The number of hydrogen-bond donors (Lipinski definition) is 1.